The first-order valence-corrected chi connectivity index (χ1v) is 8.38. The second-order valence-electron chi connectivity index (χ2n) is 8.24. The molecule has 3 saturated heterocycles. The lowest BCUT2D eigenvalue weighted by molar-refractivity contribution is -0.727. The summed E-state index contributed by atoms with van der Waals surface area (Å²) in [6.45, 7) is 9.04. The third-order valence-electron chi connectivity index (χ3n) is 5.16. The molecule has 0 aromatic carbocycles. The molecular formula is C15H24N2O9. The van der Waals surface area contributed by atoms with Crippen molar-refractivity contribution in [2.45, 2.75) is 88.8 Å². The maximum absolute atomic E-state index is 12.1. The van der Waals surface area contributed by atoms with Crippen LogP contribution in [0.5, 0.6) is 0 Å². The van der Waals surface area contributed by atoms with Crippen molar-refractivity contribution in [2.75, 3.05) is 6.61 Å². The van der Waals surface area contributed by atoms with Crippen molar-refractivity contribution in [2.24, 2.45) is 0 Å². The summed E-state index contributed by atoms with van der Waals surface area (Å²) in [5.41, 5.74) is -4.51. The smallest absolute Gasteiger partial charge is 0.348 e. The lowest BCUT2D eigenvalue weighted by Gasteiger charge is -2.33. The summed E-state index contributed by atoms with van der Waals surface area (Å²) in [7, 11) is 0. The van der Waals surface area contributed by atoms with Crippen LogP contribution >= 0.6 is 0 Å². The molecule has 0 radical (unpaired) electrons. The number of nitro groups is 2. The van der Waals surface area contributed by atoms with E-state index in [2.05, 4.69) is 0 Å². The predicted octanol–water partition coefficient (Wildman–Crippen LogP) is 1.09. The van der Waals surface area contributed by atoms with Gasteiger partial charge in [-0.2, -0.15) is 0 Å². The van der Waals surface area contributed by atoms with Crippen LogP contribution in [0.15, 0.2) is 0 Å². The fraction of sp³-hybridized carbons (Fsp3) is 1.00. The molecule has 0 aromatic rings. The molecule has 5 unspecified atom stereocenters. The van der Waals surface area contributed by atoms with Gasteiger partial charge in [0.15, 0.2) is 17.7 Å². The van der Waals surface area contributed by atoms with Gasteiger partial charge in [-0.25, -0.2) is 0 Å². The summed E-state index contributed by atoms with van der Waals surface area (Å²) in [5.74, 6) is -2.04. The van der Waals surface area contributed by atoms with Crippen LogP contribution in [0.3, 0.4) is 0 Å². The van der Waals surface area contributed by atoms with E-state index in [9.17, 15) is 20.2 Å². The molecule has 0 aliphatic carbocycles. The molecule has 3 heterocycles. The second-order valence-corrected chi connectivity index (χ2v) is 8.24. The van der Waals surface area contributed by atoms with Gasteiger partial charge >= 0.3 is 11.3 Å². The molecule has 0 spiro atoms. The van der Waals surface area contributed by atoms with E-state index in [4.69, 9.17) is 23.7 Å². The highest BCUT2D eigenvalue weighted by molar-refractivity contribution is 5.10. The lowest BCUT2D eigenvalue weighted by atomic mass is 9.85. The Hall–Kier alpha value is -1.40. The molecule has 0 N–H and O–H groups in total. The number of ether oxygens (including phenoxy) is 5. The van der Waals surface area contributed by atoms with Gasteiger partial charge in [-0.05, 0) is 27.7 Å². The molecule has 0 bridgehead atoms. The minimum atomic E-state index is -2.43. The molecule has 3 aliphatic rings. The molecule has 148 valence electrons. The van der Waals surface area contributed by atoms with Crippen LogP contribution in [0.2, 0.25) is 0 Å². The Bertz CT molecular complexity index is 635. The number of fused-ring (bicyclic) bond motifs is 1. The summed E-state index contributed by atoms with van der Waals surface area (Å²) in [4.78, 5) is 22.3. The highest BCUT2D eigenvalue weighted by Gasteiger charge is 2.82. The number of rotatable bonds is 4. The molecule has 11 nitrogen and oxygen atoms in total. The van der Waals surface area contributed by atoms with Crippen molar-refractivity contribution in [3.8, 4) is 0 Å². The minimum Gasteiger partial charge on any atom is -0.348 e. The van der Waals surface area contributed by atoms with Gasteiger partial charge in [-0.3, -0.25) is 25.0 Å². The molecule has 3 fully saturated rings. The normalized spacial score (nSPS) is 41.2. The summed E-state index contributed by atoms with van der Waals surface area (Å²) < 4.78 is 28.7. The molecule has 5 atom stereocenters. The lowest BCUT2D eigenvalue weighted by Crippen LogP contribution is -2.66. The maximum atomic E-state index is 12.1. The monoisotopic (exact) mass is 376 g/mol. The Morgan fingerprint density at radius 1 is 0.923 bits per heavy atom. The average molecular weight is 376 g/mol. The topological polar surface area (TPSA) is 132 Å². The van der Waals surface area contributed by atoms with E-state index in [1.54, 1.807) is 27.7 Å². The second kappa shape index (κ2) is 5.55. The molecular weight excluding hydrogens is 352 g/mol. The van der Waals surface area contributed by atoms with E-state index in [1.165, 1.54) is 0 Å². The van der Waals surface area contributed by atoms with Crippen molar-refractivity contribution in [1.29, 1.82) is 0 Å². The van der Waals surface area contributed by atoms with Crippen molar-refractivity contribution in [1.82, 2.24) is 0 Å². The quantitative estimate of drug-likeness (QED) is 0.522. The summed E-state index contributed by atoms with van der Waals surface area (Å²) in [6.07, 6.45) is -3.81. The Balaban J connectivity index is 2.06. The van der Waals surface area contributed by atoms with Crippen molar-refractivity contribution >= 4 is 0 Å². The van der Waals surface area contributed by atoms with Crippen LogP contribution in [0.1, 0.15) is 41.5 Å². The van der Waals surface area contributed by atoms with Crippen LogP contribution in [0.4, 0.5) is 0 Å². The SMILES string of the molecule is CC1(C)OCC(C2OC([N+](=O)[O-])(C(C)(C)[N+](=O)[O-])C3OC(C)(C)OC23)O1. The van der Waals surface area contributed by atoms with E-state index in [1.807, 2.05) is 0 Å². The van der Waals surface area contributed by atoms with Gasteiger partial charge in [-0.1, -0.05) is 0 Å². The maximum Gasteiger partial charge on any atom is 0.423 e. The standard InChI is InChI=1S/C15H24N2O9/c1-12(2,16(18)19)15(17(20)21)11-10(24-14(5,6)26-11)9(25-15)8-7-22-13(3,4)23-8/h8-11H,7H2,1-6H3. The Morgan fingerprint density at radius 3 is 2.00 bits per heavy atom. The van der Waals surface area contributed by atoms with Gasteiger partial charge in [0.2, 0.25) is 0 Å². The number of hydrogen-bond donors (Lipinski definition) is 0. The zero-order chi connectivity index (χ0) is 19.7. The Morgan fingerprint density at radius 2 is 1.54 bits per heavy atom. The van der Waals surface area contributed by atoms with Crippen molar-refractivity contribution in [3.05, 3.63) is 20.2 Å². The summed E-state index contributed by atoms with van der Waals surface area (Å²) in [5, 5.41) is 23.8. The zero-order valence-corrected chi connectivity index (χ0v) is 15.6. The number of hydrogen-bond acceptors (Lipinski definition) is 9. The third-order valence-corrected chi connectivity index (χ3v) is 5.16. The molecule has 3 aliphatic heterocycles. The van der Waals surface area contributed by atoms with Gasteiger partial charge in [0, 0.05) is 18.8 Å². The van der Waals surface area contributed by atoms with E-state index < -0.39 is 57.1 Å². The molecule has 11 heteroatoms. The van der Waals surface area contributed by atoms with Gasteiger partial charge in [-0.15, -0.1) is 0 Å². The fourth-order valence-corrected chi connectivity index (χ4v) is 3.83. The Labute approximate surface area is 150 Å². The zero-order valence-electron chi connectivity index (χ0n) is 15.6. The average Bonchev–Trinajstić information content (AvgIpc) is 3.07. The summed E-state index contributed by atoms with van der Waals surface area (Å²) >= 11 is 0. The van der Waals surface area contributed by atoms with Gasteiger partial charge < -0.3 is 18.9 Å². The Kier molecular flexibility index (Phi) is 4.13. The van der Waals surface area contributed by atoms with Gasteiger partial charge in [0.05, 0.1) is 11.5 Å². The van der Waals surface area contributed by atoms with E-state index in [0.717, 1.165) is 13.8 Å². The highest BCUT2D eigenvalue weighted by Crippen LogP contribution is 2.51. The van der Waals surface area contributed by atoms with Gasteiger partial charge in [0.25, 0.3) is 0 Å². The van der Waals surface area contributed by atoms with E-state index in [0.29, 0.717) is 0 Å². The summed E-state index contributed by atoms with van der Waals surface area (Å²) in [6, 6.07) is 0. The molecule has 0 saturated carbocycles. The van der Waals surface area contributed by atoms with Crippen LogP contribution < -0.4 is 0 Å². The first-order chi connectivity index (χ1) is 11.7. The van der Waals surface area contributed by atoms with Crippen molar-refractivity contribution < 1.29 is 33.5 Å². The van der Waals surface area contributed by atoms with Gasteiger partial charge in [0.1, 0.15) is 18.3 Å². The molecule has 0 amide bonds. The van der Waals surface area contributed by atoms with Crippen molar-refractivity contribution in [3.63, 3.8) is 0 Å². The van der Waals surface area contributed by atoms with Crippen LogP contribution in [0, 0.1) is 20.2 Å². The highest BCUT2D eigenvalue weighted by atomic mass is 16.8. The minimum absolute atomic E-state index is 0.122. The van der Waals surface area contributed by atoms with Crippen LogP contribution in [-0.2, 0) is 23.7 Å². The fourth-order valence-electron chi connectivity index (χ4n) is 3.83. The molecule has 0 aromatic heterocycles. The van der Waals surface area contributed by atoms with Crippen LogP contribution in [-0.4, -0.2) is 63.7 Å². The first-order valence-electron chi connectivity index (χ1n) is 8.38. The van der Waals surface area contributed by atoms with E-state index in [-0.39, 0.29) is 6.61 Å². The first kappa shape index (κ1) is 19.4. The largest absolute Gasteiger partial charge is 0.423 e. The third kappa shape index (κ3) is 2.61. The molecule has 3 rings (SSSR count). The predicted molar refractivity (Wildman–Crippen MR) is 84.4 cm³/mol. The van der Waals surface area contributed by atoms with E-state index >= 15 is 0 Å². The molecule has 26 heavy (non-hydrogen) atoms. The number of nitrogens with zero attached hydrogens (tertiary/aromatic N) is 2. The van der Waals surface area contributed by atoms with Crippen LogP contribution in [0.25, 0.3) is 0 Å².